The fourth-order valence-corrected chi connectivity index (χ4v) is 3.02. The van der Waals surface area contributed by atoms with Crippen LogP contribution in [0.1, 0.15) is 13.8 Å². The van der Waals surface area contributed by atoms with Crippen LogP contribution in [-0.2, 0) is 17.1 Å². The maximum absolute atomic E-state index is 12.1. The van der Waals surface area contributed by atoms with Gasteiger partial charge in [0.1, 0.15) is 5.82 Å². The van der Waals surface area contributed by atoms with Gasteiger partial charge in [-0.15, -0.1) is 0 Å². The van der Waals surface area contributed by atoms with Crippen LogP contribution in [0.4, 0.5) is 0 Å². The monoisotopic (exact) mass is 269 g/mol. The van der Waals surface area contributed by atoms with Gasteiger partial charge >= 0.3 is 0 Å². The fraction of sp³-hybridized carbons (Fsp3) is 0.364. The predicted octanol–water partition coefficient (Wildman–Crippen LogP) is 1.37. The summed E-state index contributed by atoms with van der Waals surface area (Å²) < 4.78 is 33.5. The first-order valence-corrected chi connectivity index (χ1v) is 6.97. The molecule has 0 saturated carbocycles. The first-order chi connectivity index (χ1) is 8.42. The molecule has 6 nitrogen and oxygen atoms in total. The molecule has 7 heteroatoms. The third kappa shape index (κ3) is 2.32. The normalized spacial score (nSPS) is 12.2. The molecule has 0 saturated heterocycles. The van der Waals surface area contributed by atoms with Gasteiger partial charge in [0.25, 0.3) is 10.0 Å². The molecule has 98 valence electrons. The Bertz CT molecular complexity index is 640. The van der Waals surface area contributed by atoms with Gasteiger partial charge in [0.15, 0.2) is 0 Å². The molecular weight excluding hydrogens is 254 g/mol. The summed E-state index contributed by atoms with van der Waals surface area (Å²) in [5.74, 6) is 0.549. The minimum Gasteiger partial charge on any atom is -0.451 e. The van der Waals surface area contributed by atoms with Crippen LogP contribution in [0.15, 0.2) is 34.2 Å². The van der Waals surface area contributed by atoms with E-state index in [-0.39, 0.29) is 11.1 Å². The topological polar surface area (TPSA) is 77.1 Å². The van der Waals surface area contributed by atoms with E-state index in [2.05, 4.69) is 9.71 Å². The maximum Gasteiger partial charge on any atom is 0.274 e. The van der Waals surface area contributed by atoms with Gasteiger partial charge in [-0.25, -0.2) is 18.1 Å². The smallest absolute Gasteiger partial charge is 0.274 e. The summed E-state index contributed by atoms with van der Waals surface area (Å²) in [6.45, 7) is 3.50. The van der Waals surface area contributed by atoms with Crippen molar-refractivity contribution in [3.05, 3.63) is 24.7 Å². The Morgan fingerprint density at radius 2 is 2.17 bits per heavy atom. The highest BCUT2D eigenvalue weighted by Gasteiger charge is 2.25. The fourth-order valence-electron chi connectivity index (χ4n) is 1.66. The number of hydrogen-bond donors (Lipinski definition) is 1. The van der Waals surface area contributed by atoms with Gasteiger partial charge in [0.05, 0.1) is 11.8 Å². The zero-order chi connectivity index (χ0) is 13.3. The van der Waals surface area contributed by atoms with Crippen LogP contribution in [0.3, 0.4) is 0 Å². The highest BCUT2D eigenvalue weighted by Crippen LogP contribution is 2.26. The highest BCUT2D eigenvalue weighted by atomic mass is 32.2. The summed E-state index contributed by atoms with van der Waals surface area (Å²) in [6, 6.07) is 1.39. The number of hydrogen-bond acceptors (Lipinski definition) is 4. The van der Waals surface area contributed by atoms with E-state index >= 15 is 0 Å². The molecule has 0 bridgehead atoms. The van der Waals surface area contributed by atoms with Crippen molar-refractivity contribution in [2.45, 2.75) is 25.0 Å². The van der Waals surface area contributed by atoms with Crippen molar-refractivity contribution < 1.29 is 12.8 Å². The molecule has 0 amide bonds. The highest BCUT2D eigenvalue weighted by molar-refractivity contribution is 7.89. The Labute approximate surface area is 106 Å². The SMILES string of the molecule is CC(C)NS(=O)(=O)c1occc1-c1nccn1C. The van der Waals surface area contributed by atoms with E-state index in [0.717, 1.165) is 0 Å². The van der Waals surface area contributed by atoms with Crippen LogP contribution >= 0.6 is 0 Å². The standard InChI is InChI=1S/C11H15N3O3S/c1-8(2)13-18(15,16)11-9(4-7-17-11)10-12-5-6-14(10)3/h4-8,13H,1-3H3. The van der Waals surface area contributed by atoms with E-state index in [1.165, 1.54) is 6.26 Å². The van der Waals surface area contributed by atoms with Gasteiger partial charge in [-0.1, -0.05) is 0 Å². The van der Waals surface area contributed by atoms with Crippen LogP contribution in [0.25, 0.3) is 11.4 Å². The minimum absolute atomic E-state index is 0.106. The van der Waals surface area contributed by atoms with Gasteiger partial charge < -0.3 is 8.98 Å². The van der Waals surface area contributed by atoms with E-state index in [9.17, 15) is 8.42 Å². The third-order valence-electron chi connectivity index (χ3n) is 2.33. The Morgan fingerprint density at radius 1 is 1.44 bits per heavy atom. The van der Waals surface area contributed by atoms with Crippen LogP contribution < -0.4 is 4.72 Å². The Kier molecular flexibility index (Phi) is 3.27. The Balaban J connectivity index is 2.50. The summed E-state index contributed by atoms with van der Waals surface area (Å²) in [6.07, 6.45) is 4.70. The minimum atomic E-state index is -3.66. The maximum atomic E-state index is 12.1. The van der Waals surface area contributed by atoms with Gasteiger partial charge in [-0.05, 0) is 19.9 Å². The van der Waals surface area contributed by atoms with E-state index in [1.54, 1.807) is 43.9 Å². The predicted molar refractivity (Wildman–Crippen MR) is 66.4 cm³/mol. The lowest BCUT2D eigenvalue weighted by atomic mass is 10.3. The van der Waals surface area contributed by atoms with E-state index in [4.69, 9.17) is 4.42 Å². The van der Waals surface area contributed by atoms with Crippen molar-refractivity contribution in [3.63, 3.8) is 0 Å². The number of nitrogens with one attached hydrogen (secondary N) is 1. The molecule has 0 aromatic carbocycles. The first kappa shape index (κ1) is 12.8. The van der Waals surface area contributed by atoms with Crippen LogP contribution in [0.2, 0.25) is 0 Å². The molecule has 0 radical (unpaired) electrons. The van der Waals surface area contributed by atoms with Gasteiger partial charge in [-0.3, -0.25) is 0 Å². The summed E-state index contributed by atoms with van der Waals surface area (Å²) in [7, 11) is -1.87. The second-order valence-electron chi connectivity index (χ2n) is 4.26. The molecule has 18 heavy (non-hydrogen) atoms. The lowest BCUT2D eigenvalue weighted by molar-refractivity contribution is 0.444. The van der Waals surface area contributed by atoms with Gasteiger partial charge in [0, 0.05) is 25.5 Å². The van der Waals surface area contributed by atoms with Crippen molar-refractivity contribution in [1.29, 1.82) is 0 Å². The summed E-state index contributed by atoms with van der Waals surface area (Å²) in [4.78, 5) is 4.12. The van der Waals surface area contributed by atoms with E-state index in [0.29, 0.717) is 11.4 Å². The van der Waals surface area contributed by atoms with Crippen molar-refractivity contribution in [3.8, 4) is 11.4 Å². The van der Waals surface area contributed by atoms with Crippen LogP contribution in [0, 0.1) is 0 Å². The molecule has 2 aromatic heterocycles. The molecular formula is C11H15N3O3S. The summed E-state index contributed by atoms with van der Waals surface area (Å²) >= 11 is 0. The molecule has 1 N–H and O–H groups in total. The molecule has 0 spiro atoms. The quantitative estimate of drug-likeness (QED) is 0.909. The van der Waals surface area contributed by atoms with Crippen molar-refractivity contribution >= 4 is 10.0 Å². The van der Waals surface area contributed by atoms with Crippen LogP contribution in [-0.4, -0.2) is 24.0 Å². The number of aryl methyl sites for hydroxylation is 1. The first-order valence-electron chi connectivity index (χ1n) is 5.49. The Morgan fingerprint density at radius 3 is 2.72 bits per heavy atom. The van der Waals surface area contributed by atoms with Crippen LogP contribution in [0.5, 0.6) is 0 Å². The lowest BCUT2D eigenvalue weighted by Gasteiger charge is -2.08. The second-order valence-corrected chi connectivity index (χ2v) is 5.87. The van der Waals surface area contributed by atoms with Crippen molar-refractivity contribution in [1.82, 2.24) is 14.3 Å². The average Bonchev–Trinajstić information content (AvgIpc) is 2.82. The van der Waals surface area contributed by atoms with Crippen molar-refractivity contribution in [2.24, 2.45) is 7.05 Å². The number of imidazole rings is 1. The van der Waals surface area contributed by atoms with E-state index < -0.39 is 10.0 Å². The molecule has 0 aliphatic rings. The number of furan rings is 1. The van der Waals surface area contributed by atoms with Gasteiger partial charge in [-0.2, -0.15) is 0 Å². The molecule has 0 unspecified atom stereocenters. The molecule has 0 fully saturated rings. The molecule has 0 aliphatic carbocycles. The van der Waals surface area contributed by atoms with Gasteiger partial charge in [0.2, 0.25) is 5.09 Å². The number of aromatic nitrogens is 2. The third-order valence-corrected chi connectivity index (χ3v) is 3.91. The van der Waals surface area contributed by atoms with E-state index in [1.807, 2.05) is 0 Å². The number of sulfonamides is 1. The second kappa shape index (κ2) is 4.58. The zero-order valence-corrected chi connectivity index (χ0v) is 11.2. The molecule has 2 aromatic rings. The number of rotatable bonds is 4. The zero-order valence-electron chi connectivity index (χ0n) is 10.4. The lowest BCUT2D eigenvalue weighted by Crippen LogP contribution is -2.30. The largest absolute Gasteiger partial charge is 0.451 e. The summed E-state index contributed by atoms with van der Waals surface area (Å²) in [5, 5.41) is -0.106. The molecule has 2 rings (SSSR count). The average molecular weight is 269 g/mol. The summed E-state index contributed by atoms with van der Waals surface area (Å²) in [5.41, 5.74) is 0.454. The molecule has 0 aliphatic heterocycles. The number of nitrogens with zero attached hydrogens (tertiary/aromatic N) is 2. The Hall–Kier alpha value is -1.60. The molecule has 0 atom stereocenters. The van der Waals surface area contributed by atoms with Crippen molar-refractivity contribution in [2.75, 3.05) is 0 Å². The molecule has 2 heterocycles.